The van der Waals surface area contributed by atoms with Crippen molar-refractivity contribution in [2.45, 2.75) is 0 Å². The monoisotopic (exact) mass is 258 g/mol. The summed E-state index contributed by atoms with van der Waals surface area (Å²) in [4.78, 5) is 8.44. The van der Waals surface area contributed by atoms with Crippen LogP contribution in [0.4, 0.5) is 11.5 Å². The summed E-state index contributed by atoms with van der Waals surface area (Å²) >= 11 is 1.71. The number of hydrogen-bond acceptors (Lipinski definition) is 5. The second kappa shape index (κ2) is 6.12. The van der Waals surface area contributed by atoms with Gasteiger partial charge in [-0.1, -0.05) is 5.92 Å². The van der Waals surface area contributed by atoms with Crippen molar-refractivity contribution in [1.29, 1.82) is 0 Å². The van der Waals surface area contributed by atoms with Gasteiger partial charge < -0.3 is 11.1 Å². The summed E-state index contributed by atoms with van der Waals surface area (Å²) in [5, 5.41) is 4.22. The Bertz CT molecular complexity index is 577. The van der Waals surface area contributed by atoms with Crippen molar-refractivity contribution in [3.8, 4) is 12.3 Å². The second-order valence-corrected chi connectivity index (χ2v) is 4.79. The van der Waals surface area contributed by atoms with Crippen LogP contribution in [0.3, 0.4) is 0 Å². The molecule has 0 fully saturated rings. The molecule has 0 radical (unpaired) electrons. The van der Waals surface area contributed by atoms with Crippen LogP contribution in [0.1, 0.15) is 0 Å². The summed E-state index contributed by atoms with van der Waals surface area (Å²) < 4.78 is 0. The SMILES string of the molecule is C#CCSCCNc1ncnc2ccc(N)cc12. The molecule has 0 saturated heterocycles. The molecule has 0 amide bonds. The van der Waals surface area contributed by atoms with Crippen molar-refractivity contribution in [2.75, 3.05) is 29.1 Å². The van der Waals surface area contributed by atoms with E-state index in [0.29, 0.717) is 5.69 Å². The normalized spacial score (nSPS) is 10.2. The lowest BCUT2D eigenvalue weighted by Crippen LogP contribution is -2.06. The average molecular weight is 258 g/mol. The molecular weight excluding hydrogens is 244 g/mol. The maximum atomic E-state index is 5.78. The van der Waals surface area contributed by atoms with Crippen LogP contribution in [0.15, 0.2) is 24.5 Å². The van der Waals surface area contributed by atoms with Crippen molar-refractivity contribution in [3.63, 3.8) is 0 Å². The van der Waals surface area contributed by atoms with E-state index in [2.05, 4.69) is 21.2 Å². The van der Waals surface area contributed by atoms with E-state index >= 15 is 0 Å². The van der Waals surface area contributed by atoms with Crippen LogP contribution < -0.4 is 11.1 Å². The molecule has 3 N–H and O–H groups in total. The van der Waals surface area contributed by atoms with Crippen LogP contribution in [0.5, 0.6) is 0 Å². The minimum absolute atomic E-state index is 0.710. The summed E-state index contributed by atoms with van der Waals surface area (Å²) in [6.07, 6.45) is 6.74. The van der Waals surface area contributed by atoms with Crippen molar-refractivity contribution in [1.82, 2.24) is 9.97 Å². The molecule has 0 atom stereocenters. The van der Waals surface area contributed by atoms with E-state index in [1.165, 1.54) is 0 Å². The summed E-state index contributed by atoms with van der Waals surface area (Å²) in [6.45, 7) is 0.813. The zero-order valence-corrected chi connectivity index (χ0v) is 10.7. The van der Waals surface area contributed by atoms with Crippen molar-refractivity contribution in [3.05, 3.63) is 24.5 Å². The first-order valence-corrected chi connectivity index (χ1v) is 6.72. The lowest BCUT2D eigenvalue weighted by atomic mass is 10.2. The van der Waals surface area contributed by atoms with Crippen LogP contribution in [-0.4, -0.2) is 28.0 Å². The number of terminal acetylenes is 1. The number of hydrogen-bond donors (Lipinski definition) is 2. The zero-order chi connectivity index (χ0) is 12.8. The van der Waals surface area contributed by atoms with E-state index < -0.39 is 0 Å². The Kier molecular flexibility index (Phi) is 4.26. The number of nitrogens with one attached hydrogen (secondary N) is 1. The second-order valence-electron chi connectivity index (χ2n) is 3.68. The summed E-state index contributed by atoms with van der Waals surface area (Å²) in [5.74, 6) is 5.09. The van der Waals surface area contributed by atoms with Crippen LogP contribution in [0.25, 0.3) is 10.9 Å². The fourth-order valence-electron chi connectivity index (χ4n) is 1.59. The van der Waals surface area contributed by atoms with Gasteiger partial charge in [0.15, 0.2) is 0 Å². The molecule has 18 heavy (non-hydrogen) atoms. The maximum Gasteiger partial charge on any atom is 0.137 e. The molecular formula is C13H14N4S. The van der Waals surface area contributed by atoms with Gasteiger partial charge in [0.25, 0.3) is 0 Å². The van der Waals surface area contributed by atoms with Crippen molar-refractivity contribution >= 4 is 34.2 Å². The van der Waals surface area contributed by atoms with Gasteiger partial charge in [-0.3, -0.25) is 0 Å². The predicted octanol–water partition coefficient (Wildman–Crippen LogP) is 1.99. The van der Waals surface area contributed by atoms with Gasteiger partial charge in [-0.15, -0.1) is 18.2 Å². The Morgan fingerprint density at radius 3 is 3.11 bits per heavy atom. The first-order valence-electron chi connectivity index (χ1n) is 5.56. The van der Waals surface area contributed by atoms with Gasteiger partial charge in [-0.25, -0.2) is 9.97 Å². The summed E-state index contributed by atoms with van der Waals surface area (Å²) in [5.41, 5.74) is 7.37. The average Bonchev–Trinajstić information content (AvgIpc) is 2.39. The highest BCUT2D eigenvalue weighted by Gasteiger charge is 2.03. The first kappa shape index (κ1) is 12.5. The van der Waals surface area contributed by atoms with E-state index in [4.69, 9.17) is 12.2 Å². The Morgan fingerprint density at radius 2 is 2.28 bits per heavy atom. The number of rotatable bonds is 5. The van der Waals surface area contributed by atoms with Crippen molar-refractivity contribution in [2.24, 2.45) is 0 Å². The third-order valence-corrected chi connectivity index (χ3v) is 3.25. The molecule has 5 heteroatoms. The van der Waals surface area contributed by atoms with Crippen LogP contribution in [0.2, 0.25) is 0 Å². The molecule has 1 aromatic heterocycles. The third kappa shape index (κ3) is 3.05. The van der Waals surface area contributed by atoms with Crippen molar-refractivity contribution < 1.29 is 0 Å². The van der Waals surface area contributed by atoms with Gasteiger partial charge in [-0.2, -0.15) is 0 Å². The highest BCUT2D eigenvalue weighted by molar-refractivity contribution is 7.99. The quantitative estimate of drug-likeness (QED) is 0.488. The molecule has 0 spiro atoms. The number of fused-ring (bicyclic) bond motifs is 1. The van der Waals surface area contributed by atoms with Crippen LogP contribution in [-0.2, 0) is 0 Å². The number of benzene rings is 1. The minimum atomic E-state index is 0.710. The molecule has 2 aromatic rings. The van der Waals surface area contributed by atoms with E-state index in [0.717, 1.165) is 34.8 Å². The first-order chi connectivity index (χ1) is 8.81. The number of thioether (sulfide) groups is 1. The molecule has 4 nitrogen and oxygen atoms in total. The molecule has 0 saturated carbocycles. The fraction of sp³-hybridized carbons (Fsp3) is 0.231. The number of nitrogens with two attached hydrogens (primary N) is 1. The molecule has 0 aliphatic carbocycles. The highest BCUT2D eigenvalue weighted by atomic mass is 32.2. The summed E-state index contributed by atoms with van der Waals surface area (Å²) in [7, 11) is 0. The maximum absolute atomic E-state index is 5.78. The molecule has 92 valence electrons. The Labute approximate surface area is 110 Å². The zero-order valence-electron chi connectivity index (χ0n) is 9.89. The van der Waals surface area contributed by atoms with Gasteiger partial charge >= 0.3 is 0 Å². The number of nitrogens with zero attached hydrogens (tertiary/aromatic N) is 2. The largest absolute Gasteiger partial charge is 0.399 e. The lowest BCUT2D eigenvalue weighted by Gasteiger charge is -2.08. The van der Waals surface area contributed by atoms with Crippen LogP contribution in [0, 0.1) is 12.3 Å². The molecule has 0 unspecified atom stereocenters. The molecule has 0 aliphatic heterocycles. The minimum Gasteiger partial charge on any atom is -0.399 e. The molecule has 0 bridgehead atoms. The molecule has 0 aliphatic rings. The molecule has 1 aromatic carbocycles. The smallest absolute Gasteiger partial charge is 0.137 e. The Morgan fingerprint density at radius 1 is 1.39 bits per heavy atom. The van der Waals surface area contributed by atoms with Gasteiger partial charge in [0.1, 0.15) is 12.1 Å². The van der Waals surface area contributed by atoms with E-state index in [-0.39, 0.29) is 0 Å². The topological polar surface area (TPSA) is 63.8 Å². The van der Waals surface area contributed by atoms with Crippen LogP contribution >= 0.6 is 11.8 Å². The fourth-order valence-corrected chi connectivity index (χ4v) is 2.10. The molecule has 1 heterocycles. The standard InChI is InChI=1S/C13H14N4S/c1-2-6-18-7-5-15-13-11-8-10(14)3-4-12(11)16-9-17-13/h1,3-4,8-9H,5-7,14H2,(H,15,16,17). The van der Waals surface area contributed by atoms with Gasteiger partial charge in [-0.05, 0) is 18.2 Å². The number of nitrogen functional groups attached to an aromatic ring is 1. The van der Waals surface area contributed by atoms with Gasteiger partial charge in [0, 0.05) is 23.4 Å². The predicted molar refractivity (Wildman–Crippen MR) is 78.6 cm³/mol. The number of aromatic nitrogens is 2. The Hall–Kier alpha value is -1.93. The summed E-state index contributed by atoms with van der Waals surface area (Å²) in [6, 6.07) is 5.61. The van der Waals surface area contributed by atoms with E-state index in [1.54, 1.807) is 18.1 Å². The lowest BCUT2D eigenvalue weighted by molar-refractivity contribution is 1.15. The van der Waals surface area contributed by atoms with E-state index in [9.17, 15) is 0 Å². The molecule has 2 rings (SSSR count). The van der Waals surface area contributed by atoms with Gasteiger partial charge in [0.05, 0.1) is 11.3 Å². The van der Waals surface area contributed by atoms with Gasteiger partial charge in [0.2, 0.25) is 0 Å². The Balaban J connectivity index is 2.08. The highest BCUT2D eigenvalue weighted by Crippen LogP contribution is 2.21. The third-order valence-electron chi connectivity index (χ3n) is 2.38. The number of anilines is 2. The van der Waals surface area contributed by atoms with E-state index in [1.807, 2.05) is 18.2 Å².